The van der Waals surface area contributed by atoms with Gasteiger partial charge in [0.15, 0.2) is 0 Å². The van der Waals surface area contributed by atoms with Crippen LogP contribution in [0.1, 0.15) is 17.4 Å². The van der Waals surface area contributed by atoms with Crippen molar-refractivity contribution in [3.05, 3.63) is 82.4 Å². The number of nitrogens with zero attached hydrogens (tertiary/aromatic N) is 2. The fraction of sp³-hybridized carbons (Fsp3) is 0.105. The summed E-state index contributed by atoms with van der Waals surface area (Å²) in [6.07, 6.45) is 3.90. The summed E-state index contributed by atoms with van der Waals surface area (Å²) in [5.74, 6) is 0.107. The molecule has 2 heterocycles. The van der Waals surface area contributed by atoms with E-state index in [1.165, 1.54) is 12.1 Å². The van der Waals surface area contributed by atoms with Crippen LogP contribution in [0.15, 0.2) is 59.7 Å². The smallest absolute Gasteiger partial charge is 0.258 e. The summed E-state index contributed by atoms with van der Waals surface area (Å²) < 4.78 is 13.0. The summed E-state index contributed by atoms with van der Waals surface area (Å²) in [5, 5.41) is 7.15. The van der Waals surface area contributed by atoms with Crippen molar-refractivity contribution >= 4 is 10.9 Å². The minimum atomic E-state index is -0.494. The van der Waals surface area contributed by atoms with E-state index < -0.39 is 6.04 Å². The molecule has 26 heavy (non-hydrogen) atoms. The Morgan fingerprint density at radius 1 is 1.12 bits per heavy atom. The Labute approximate surface area is 147 Å². The number of fused-ring (bicyclic) bond motifs is 1. The minimum Gasteiger partial charge on any atom is -0.321 e. The molecule has 0 fully saturated rings. The number of nitrogens with two attached hydrogens (primary N) is 1. The van der Waals surface area contributed by atoms with Crippen molar-refractivity contribution in [1.82, 2.24) is 20.2 Å². The maximum atomic E-state index is 13.0. The highest BCUT2D eigenvalue weighted by Crippen LogP contribution is 2.22. The van der Waals surface area contributed by atoms with Gasteiger partial charge in [-0.25, -0.2) is 9.37 Å². The van der Waals surface area contributed by atoms with Crippen LogP contribution in [0.4, 0.5) is 4.39 Å². The lowest BCUT2D eigenvalue weighted by Crippen LogP contribution is -2.21. The van der Waals surface area contributed by atoms with Crippen LogP contribution in [0.25, 0.3) is 22.0 Å². The quantitative estimate of drug-likeness (QED) is 0.527. The zero-order chi connectivity index (χ0) is 18.1. The predicted octanol–water partition coefficient (Wildman–Crippen LogP) is 2.69. The predicted molar refractivity (Wildman–Crippen MR) is 97.0 cm³/mol. The van der Waals surface area contributed by atoms with Crippen molar-refractivity contribution in [3.8, 4) is 11.1 Å². The number of rotatable bonds is 4. The van der Waals surface area contributed by atoms with Crippen LogP contribution >= 0.6 is 0 Å². The lowest BCUT2D eigenvalue weighted by Gasteiger charge is -2.12. The Morgan fingerprint density at radius 2 is 1.92 bits per heavy atom. The van der Waals surface area contributed by atoms with E-state index in [2.05, 4.69) is 20.2 Å². The first-order valence-corrected chi connectivity index (χ1v) is 8.13. The van der Waals surface area contributed by atoms with E-state index in [0.29, 0.717) is 23.1 Å². The van der Waals surface area contributed by atoms with E-state index in [9.17, 15) is 9.18 Å². The van der Waals surface area contributed by atoms with Crippen LogP contribution < -0.4 is 11.3 Å². The largest absolute Gasteiger partial charge is 0.321 e. The van der Waals surface area contributed by atoms with Gasteiger partial charge in [0, 0.05) is 11.8 Å². The lowest BCUT2D eigenvalue weighted by molar-refractivity contribution is 0.624. The summed E-state index contributed by atoms with van der Waals surface area (Å²) in [7, 11) is 0. The Bertz CT molecular complexity index is 1100. The molecule has 4 rings (SSSR count). The molecule has 2 aromatic carbocycles. The van der Waals surface area contributed by atoms with Crippen LogP contribution in [-0.4, -0.2) is 20.2 Å². The second-order valence-electron chi connectivity index (χ2n) is 6.11. The molecule has 0 amide bonds. The van der Waals surface area contributed by atoms with Gasteiger partial charge in [0.05, 0.1) is 23.1 Å². The third-order valence-corrected chi connectivity index (χ3v) is 4.28. The zero-order valence-corrected chi connectivity index (χ0v) is 13.7. The molecule has 1 unspecified atom stereocenters. The van der Waals surface area contributed by atoms with Crippen molar-refractivity contribution < 1.29 is 4.39 Å². The molecule has 1 atom stereocenters. The summed E-state index contributed by atoms with van der Waals surface area (Å²) in [5.41, 5.74) is 9.16. The highest BCUT2D eigenvalue weighted by molar-refractivity contribution is 5.83. The number of benzene rings is 2. The van der Waals surface area contributed by atoms with Gasteiger partial charge in [0.2, 0.25) is 0 Å². The van der Waals surface area contributed by atoms with Gasteiger partial charge in [-0.15, -0.1) is 0 Å². The number of H-pyrrole nitrogens is 2. The monoisotopic (exact) mass is 349 g/mol. The second-order valence-corrected chi connectivity index (χ2v) is 6.11. The molecule has 0 aliphatic carbocycles. The van der Waals surface area contributed by atoms with E-state index in [4.69, 9.17) is 5.73 Å². The van der Waals surface area contributed by atoms with Crippen molar-refractivity contribution in [2.75, 3.05) is 0 Å². The van der Waals surface area contributed by atoms with Crippen LogP contribution in [0.2, 0.25) is 0 Å². The molecule has 0 spiro atoms. The molecule has 4 aromatic rings. The third kappa shape index (κ3) is 3.12. The van der Waals surface area contributed by atoms with Crippen LogP contribution in [0.5, 0.6) is 0 Å². The topological polar surface area (TPSA) is 100 Å². The molecule has 0 saturated heterocycles. The first-order chi connectivity index (χ1) is 12.6. The fourth-order valence-corrected chi connectivity index (χ4v) is 2.89. The van der Waals surface area contributed by atoms with Gasteiger partial charge in [-0.2, -0.15) is 5.10 Å². The highest BCUT2D eigenvalue weighted by Gasteiger charge is 2.13. The van der Waals surface area contributed by atoms with Crippen molar-refractivity contribution in [1.29, 1.82) is 0 Å². The number of aromatic amines is 2. The molecule has 7 heteroatoms. The van der Waals surface area contributed by atoms with Crippen molar-refractivity contribution in [2.24, 2.45) is 5.73 Å². The maximum absolute atomic E-state index is 13.0. The molecule has 0 saturated carbocycles. The Morgan fingerprint density at radius 3 is 2.65 bits per heavy atom. The highest BCUT2D eigenvalue weighted by atomic mass is 19.1. The first-order valence-electron chi connectivity index (χ1n) is 8.13. The Hall–Kier alpha value is -3.32. The maximum Gasteiger partial charge on any atom is 0.258 e. The molecule has 0 radical (unpaired) electrons. The standard InChI is InChI=1S/C19H16FN5O/c20-14-4-1-11(2-5-14)7-16(21)18-24-17-6-3-12(13-9-22-23-10-13)8-15(17)19(26)25-18/h1-6,8-10,16H,7,21H2,(H,22,23)(H,24,25,26). The number of aromatic nitrogens is 4. The van der Waals surface area contributed by atoms with E-state index in [1.807, 2.05) is 6.07 Å². The molecule has 0 bridgehead atoms. The van der Waals surface area contributed by atoms with E-state index in [-0.39, 0.29) is 11.4 Å². The van der Waals surface area contributed by atoms with Gasteiger partial charge in [0.1, 0.15) is 11.6 Å². The lowest BCUT2D eigenvalue weighted by atomic mass is 10.0. The summed E-state index contributed by atoms with van der Waals surface area (Å²) in [4.78, 5) is 19.8. The molecule has 6 nitrogen and oxygen atoms in total. The van der Waals surface area contributed by atoms with Crippen molar-refractivity contribution in [2.45, 2.75) is 12.5 Å². The average molecular weight is 349 g/mol. The van der Waals surface area contributed by atoms with Gasteiger partial charge in [-0.1, -0.05) is 18.2 Å². The summed E-state index contributed by atoms with van der Waals surface area (Å²) >= 11 is 0. The molecular weight excluding hydrogens is 333 g/mol. The van der Waals surface area contributed by atoms with Crippen LogP contribution in [0, 0.1) is 5.82 Å². The molecule has 0 aliphatic heterocycles. The van der Waals surface area contributed by atoms with Gasteiger partial charge in [-0.05, 0) is 41.8 Å². The Kier molecular flexibility index (Phi) is 4.06. The minimum absolute atomic E-state index is 0.245. The molecular formula is C19H16FN5O. The number of hydrogen-bond acceptors (Lipinski definition) is 4. The normalized spacial score (nSPS) is 12.4. The molecule has 2 aromatic heterocycles. The summed E-state index contributed by atoms with van der Waals surface area (Å²) in [6, 6.07) is 11.1. The molecule has 4 N–H and O–H groups in total. The van der Waals surface area contributed by atoms with E-state index in [0.717, 1.165) is 16.7 Å². The number of nitrogens with one attached hydrogen (secondary N) is 2. The number of hydrogen-bond donors (Lipinski definition) is 3. The first kappa shape index (κ1) is 16.2. The van der Waals surface area contributed by atoms with Gasteiger partial charge in [0.25, 0.3) is 5.56 Å². The third-order valence-electron chi connectivity index (χ3n) is 4.28. The van der Waals surface area contributed by atoms with E-state index in [1.54, 1.807) is 36.7 Å². The van der Waals surface area contributed by atoms with Gasteiger partial charge < -0.3 is 10.7 Å². The average Bonchev–Trinajstić information content (AvgIpc) is 3.18. The number of halogens is 1. The van der Waals surface area contributed by atoms with Gasteiger partial charge >= 0.3 is 0 Å². The van der Waals surface area contributed by atoms with Crippen LogP contribution in [-0.2, 0) is 6.42 Å². The molecule has 0 aliphatic rings. The second kappa shape index (κ2) is 6.53. The zero-order valence-electron chi connectivity index (χ0n) is 13.7. The molecule has 130 valence electrons. The summed E-state index contributed by atoms with van der Waals surface area (Å²) in [6.45, 7) is 0. The Balaban J connectivity index is 1.67. The fourth-order valence-electron chi connectivity index (χ4n) is 2.89. The van der Waals surface area contributed by atoms with Crippen LogP contribution in [0.3, 0.4) is 0 Å². The SMILES string of the molecule is NC(Cc1ccc(F)cc1)c1nc2ccc(-c3cn[nH]c3)cc2c(=O)[nH]1. The van der Waals surface area contributed by atoms with E-state index >= 15 is 0 Å². The van der Waals surface area contributed by atoms with Crippen molar-refractivity contribution in [3.63, 3.8) is 0 Å². The van der Waals surface area contributed by atoms with Gasteiger partial charge in [-0.3, -0.25) is 9.89 Å².